The molecule has 0 saturated carbocycles. The van der Waals surface area contributed by atoms with E-state index in [4.69, 9.17) is 0 Å². The zero-order chi connectivity index (χ0) is 18.0. The Morgan fingerprint density at radius 2 is 1.68 bits per heavy atom. The largest absolute Gasteiger partial charge is 0.339 e. The molecular formula is C17H14F3N5. The first-order chi connectivity index (χ1) is 11.9. The van der Waals surface area contributed by atoms with Gasteiger partial charge in [-0.1, -0.05) is 6.07 Å². The quantitative estimate of drug-likeness (QED) is 0.687. The fourth-order valence-electron chi connectivity index (χ4n) is 2.13. The van der Waals surface area contributed by atoms with Gasteiger partial charge in [-0.3, -0.25) is 0 Å². The average Bonchev–Trinajstić information content (AvgIpc) is 2.59. The molecule has 5 nitrogen and oxygen atoms in total. The molecule has 3 rings (SSSR count). The predicted octanol–water partition coefficient (Wildman–Crippen LogP) is 4.39. The van der Waals surface area contributed by atoms with Crippen LogP contribution in [0.5, 0.6) is 0 Å². The summed E-state index contributed by atoms with van der Waals surface area (Å²) in [4.78, 5) is 4.13. The summed E-state index contributed by atoms with van der Waals surface area (Å²) in [5.41, 5.74) is 2.77. The van der Waals surface area contributed by atoms with Crippen molar-refractivity contribution >= 4 is 23.1 Å². The Hall–Kier alpha value is -3.16. The number of anilines is 4. The normalized spacial score (nSPS) is 10.6. The van der Waals surface area contributed by atoms with E-state index in [0.717, 1.165) is 28.9 Å². The van der Waals surface area contributed by atoms with E-state index in [-0.39, 0.29) is 11.6 Å². The summed E-state index contributed by atoms with van der Waals surface area (Å²) in [6, 6.07) is 7.65. The molecule has 0 spiro atoms. The number of hydrogen-bond donors (Lipinski definition) is 2. The van der Waals surface area contributed by atoms with Crippen molar-refractivity contribution in [1.29, 1.82) is 0 Å². The Morgan fingerprint density at radius 3 is 2.44 bits per heavy atom. The molecule has 0 unspecified atom stereocenters. The number of aromatic nitrogens is 3. The van der Waals surface area contributed by atoms with Crippen LogP contribution in [-0.4, -0.2) is 15.2 Å². The summed E-state index contributed by atoms with van der Waals surface area (Å²) in [5, 5.41) is 13.0. The Balaban J connectivity index is 1.82. The van der Waals surface area contributed by atoms with Gasteiger partial charge < -0.3 is 10.6 Å². The van der Waals surface area contributed by atoms with Crippen LogP contribution < -0.4 is 10.6 Å². The van der Waals surface area contributed by atoms with Crippen LogP contribution in [0.15, 0.2) is 36.5 Å². The Morgan fingerprint density at radius 1 is 0.880 bits per heavy atom. The van der Waals surface area contributed by atoms with Crippen LogP contribution >= 0.6 is 0 Å². The molecular weight excluding hydrogens is 331 g/mol. The fourth-order valence-corrected chi connectivity index (χ4v) is 2.13. The highest BCUT2D eigenvalue weighted by atomic mass is 19.2. The fraction of sp³-hybridized carbons (Fsp3) is 0.118. The van der Waals surface area contributed by atoms with Gasteiger partial charge in [0.25, 0.3) is 0 Å². The second kappa shape index (κ2) is 6.76. The monoisotopic (exact) mass is 345 g/mol. The van der Waals surface area contributed by atoms with Crippen molar-refractivity contribution in [2.45, 2.75) is 13.8 Å². The lowest BCUT2D eigenvalue weighted by atomic mass is 10.1. The first-order valence-corrected chi connectivity index (χ1v) is 7.38. The molecule has 0 aliphatic rings. The molecule has 128 valence electrons. The van der Waals surface area contributed by atoms with Gasteiger partial charge in [-0.15, -0.1) is 5.10 Å². The molecule has 8 heteroatoms. The summed E-state index contributed by atoms with van der Waals surface area (Å²) in [6.45, 7) is 3.99. The van der Waals surface area contributed by atoms with Gasteiger partial charge in [-0.2, -0.15) is 10.1 Å². The van der Waals surface area contributed by atoms with Gasteiger partial charge in [-0.05, 0) is 49.2 Å². The molecule has 0 bridgehead atoms. The van der Waals surface area contributed by atoms with Crippen LogP contribution in [0.25, 0.3) is 0 Å². The SMILES string of the molecule is Cc1ccc(Nc2cnnc(Nc3ccc(F)c(F)c3F)n2)cc1C. The molecule has 0 amide bonds. The van der Waals surface area contributed by atoms with Crippen molar-refractivity contribution in [3.63, 3.8) is 0 Å². The van der Waals surface area contributed by atoms with Crippen molar-refractivity contribution < 1.29 is 13.2 Å². The third-order valence-corrected chi connectivity index (χ3v) is 3.62. The lowest BCUT2D eigenvalue weighted by molar-refractivity contribution is 0.449. The van der Waals surface area contributed by atoms with Crippen LogP contribution in [-0.2, 0) is 0 Å². The van der Waals surface area contributed by atoms with Gasteiger partial charge in [0.15, 0.2) is 23.3 Å². The van der Waals surface area contributed by atoms with E-state index in [1.54, 1.807) is 0 Å². The molecule has 1 aromatic heterocycles. The molecule has 0 fully saturated rings. The van der Waals surface area contributed by atoms with E-state index in [1.807, 2.05) is 32.0 Å². The second-order valence-corrected chi connectivity index (χ2v) is 5.44. The molecule has 2 N–H and O–H groups in total. The molecule has 0 atom stereocenters. The molecule has 25 heavy (non-hydrogen) atoms. The van der Waals surface area contributed by atoms with E-state index < -0.39 is 17.5 Å². The highest BCUT2D eigenvalue weighted by Gasteiger charge is 2.14. The van der Waals surface area contributed by atoms with Gasteiger partial charge in [-0.25, -0.2) is 13.2 Å². The van der Waals surface area contributed by atoms with Gasteiger partial charge in [0.2, 0.25) is 5.95 Å². The third-order valence-electron chi connectivity index (χ3n) is 3.62. The Labute approximate surface area is 141 Å². The summed E-state index contributed by atoms with van der Waals surface area (Å²) in [5.74, 6) is -3.88. The topological polar surface area (TPSA) is 62.7 Å². The van der Waals surface area contributed by atoms with E-state index in [1.165, 1.54) is 6.20 Å². The molecule has 0 aliphatic heterocycles. The van der Waals surface area contributed by atoms with Crippen LogP contribution in [0.4, 0.5) is 36.3 Å². The van der Waals surface area contributed by atoms with Crippen LogP contribution in [0.2, 0.25) is 0 Å². The second-order valence-electron chi connectivity index (χ2n) is 5.44. The van der Waals surface area contributed by atoms with E-state index in [2.05, 4.69) is 25.8 Å². The van der Waals surface area contributed by atoms with Crippen molar-refractivity contribution in [3.8, 4) is 0 Å². The minimum absolute atomic E-state index is 0.0567. The zero-order valence-electron chi connectivity index (χ0n) is 13.4. The number of nitrogens with one attached hydrogen (secondary N) is 2. The maximum atomic E-state index is 13.7. The number of halogens is 3. The lowest BCUT2D eigenvalue weighted by Crippen LogP contribution is -2.05. The highest BCUT2D eigenvalue weighted by Crippen LogP contribution is 2.23. The molecule has 0 saturated heterocycles. The van der Waals surface area contributed by atoms with Crippen molar-refractivity contribution in [3.05, 3.63) is 65.1 Å². The summed E-state index contributed by atoms with van der Waals surface area (Å²) in [6.07, 6.45) is 1.39. The molecule has 0 aliphatic carbocycles. The number of rotatable bonds is 4. The van der Waals surface area contributed by atoms with Gasteiger partial charge in [0.1, 0.15) is 0 Å². The van der Waals surface area contributed by atoms with E-state index >= 15 is 0 Å². The van der Waals surface area contributed by atoms with Gasteiger partial charge in [0.05, 0.1) is 11.9 Å². The van der Waals surface area contributed by atoms with Crippen molar-refractivity contribution in [2.75, 3.05) is 10.6 Å². The molecule has 0 radical (unpaired) electrons. The number of aryl methyl sites for hydroxylation is 2. The van der Waals surface area contributed by atoms with Crippen LogP contribution in [0.3, 0.4) is 0 Å². The standard InChI is InChI=1S/C17H14F3N5/c1-9-3-4-11(7-10(9)2)22-14-8-21-25-17(24-14)23-13-6-5-12(18)15(19)16(13)20/h3-8H,1-2H3,(H2,22,23,24,25). The molecule has 1 heterocycles. The van der Waals surface area contributed by atoms with Crippen LogP contribution in [0.1, 0.15) is 11.1 Å². The predicted molar refractivity (Wildman–Crippen MR) is 88.6 cm³/mol. The summed E-state index contributed by atoms with van der Waals surface area (Å²) in [7, 11) is 0. The average molecular weight is 345 g/mol. The van der Waals surface area contributed by atoms with E-state index in [9.17, 15) is 13.2 Å². The van der Waals surface area contributed by atoms with Gasteiger partial charge in [0, 0.05) is 5.69 Å². The first kappa shape index (κ1) is 16.7. The molecule has 2 aromatic carbocycles. The Bertz CT molecular complexity index is 930. The maximum absolute atomic E-state index is 13.7. The maximum Gasteiger partial charge on any atom is 0.249 e. The summed E-state index contributed by atoms with van der Waals surface area (Å²) >= 11 is 0. The third kappa shape index (κ3) is 3.68. The summed E-state index contributed by atoms with van der Waals surface area (Å²) < 4.78 is 40.0. The van der Waals surface area contributed by atoms with Crippen LogP contribution in [0, 0.1) is 31.3 Å². The number of benzene rings is 2. The number of nitrogens with zero attached hydrogens (tertiary/aromatic N) is 3. The van der Waals surface area contributed by atoms with E-state index in [0.29, 0.717) is 5.82 Å². The minimum atomic E-state index is -1.57. The lowest BCUT2D eigenvalue weighted by Gasteiger charge is -2.10. The Kier molecular flexibility index (Phi) is 4.51. The smallest absolute Gasteiger partial charge is 0.249 e. The van der Waals surface area contributed by atoms with Crippen molar-refractivity contribution in [2.24, 2.45) is 0 Å². The minimum Gasteiger partial charge on any atom is -0.339 e. The first-order valence-electron chi connectivity index (χ1n) is 7.38. The van der Waals surface area contributed by atoms with Crippen molar-refractivity contribution in [1.82, 2.24) is 15.2 Å². The van der Waals surface area contributed by atoms with Gasteiger partial charge >= 0.3 is 0 Å². The highest BCUT2D eigenvalue weighted by molar-refractivity contribution is 5.60. The molecule has 3 aromatic rings. The number of hydrogen-bond acceptors (Lipinski definition) is 5. The zero-order valence-corrected chi connectivity index (χ0v) is 13.4.